The summed E-state index contributed by atoms with van der Waals surface area (Å²) in [4.78, 5) is 34.3. The van der Waals surface area contributed by atoms with Crippen molar-refractivity contribution in [2.45, 2.75) is 38.3 Å². The molecule has 2 N–H and O–H groups in total. The molecule has 1 saturated carbocycles. The van der Waals surface area contributed by atoms with E-state index in [4.69, 9.17) is 0 Å². The van der Waals surface area contributed by atoms with E-state index in [2.05, 4.69) is 30.8 Å². The summed E-state index contributed by atoms with van der Waals surface area (Å²) in [6.45, 7) is 1.85. The number of anilines is 2. The number of nitrogens with one attached hydrogen (secondary N) is 2. The average Bonchev–Trinajstić information content (AvgIpc) is 3.45. The van der Waals surface area contributed by atoms with Crippen molar-refractivity contribution in [3.63, 3.8) is 0 Å². The molecular weight excluding hydrogens is 428 g/mol. The van der Waals surface area contributed by atoms with Crippen LogP contribution in [0.3, 0.4) is 0 Å². The Bertz CT molecular complexity index is 1370. The number of thiophene rings is 1. The molecule has 1 fully saturated rings. The first kappa shape index (κ1) is 20.3. The summed E-state index contributed by atoms with van der Waals surface area (Å²) in [6, 6.07) is 5.84. The third-order valence-corrected chi connectivity index (χ3v) is 6.57. The molecule has 10 nitrogen and oxygen atoms in total. The highest BCUT2D eigenvalue weighted by molar-refractivity contribution is 7.17. The van der Waals surface area contributed by atoms with Crippen molar-refractivity contribution in [1.82, 2.24) is 29.3 Å². The molecule has 4 heterocycles. The zero-order chi connectivity index (χ0) is 22.2. The van der Waals surface area contributed by atoms with Gasteiger partial charge in [-0.25, -0.2) is 19.3 Å². The van der Waals surface area contributed by atoms with Crippen molar-refractivity contribution >= 4 is 33.3 Å². The molecule has 0 aromatic carbocycles. The quantitative estimate of drug-likeness (QED) is 0.474. The number of fused-ring (bicyclic) bond motifs is 1. The third-order valence-electron chi connectivity index (χ3n) is 5.68. The lowest BCUT2D eigenvalue weighted by Crippen LogP contribution is -2.37. The summed E-state index contributed by atoms with van der Waals surface area (Å²) in [6.07, 6.45) is 6.12. The van der Waals surface area contributed by atoms with Gasteiger partial charge >= 0.3 is 5.69 Å². The van der Waals surface area contributed by atoms with Gasteiger partial charge in [0.2, 0.25) is 5.95 Å². The van der Waals surface area contributed by atoms with Crippen LogP contribution < -0.4 is 21.9 Å². The van der Waals surface area contributed by atoms with Crippen molar-refractivity contribution < 1.29 is 0 Å². The van der Waals surface area contributed by atoms with E-state index in [-0.39, 0.29) is 23.3 Å². The first-order chi connectivity index (χ1) is 15.5. The van der Waals surface area contributed by atoms with Crippen molar-refractivity contribution in [3.8, 4) is 5.69 Å². The van der Waals surface area contributed by atoms with Crippen LogP contribution in [0.2, 0.25) is 0 Å². The molecule has 1 aliphatic rings. The summed E-state index contributed by atoms with van der Waals surface area (Å²) >= 11 is 1.33. The predicted octanol–water partition coefficient (Wildman–Crippen LogP) is 2.08. The van der Waals surface area contributed by atoms with Gasteiger partial charge in [0.15, 0.2) is 0 Å². The Morgan fingerprint density at radius 1 is 1.03 bits per heavy atom. The van der Waals surface area contributed by atoms with Crippen molar-refractivity contribution in [3.05, 3.63) is 62.5 Å². The van der Waals surface area contributed by atoms with E-state index in [9.17, 15) is 9.59 Å². The molecule has 0 aliphatic heterocycles. The minimum atomic E-state index is -0.388. The van der Waals surface area contributed by atoms with E-state index in [1.807, 2.05) is 12.3 Å². The van der Waals surface area contributed by atoms with Crippen LogP contribution in [-0.2, 0) is 7.05 Å². The molecule has 0 radical (unpaired) electrons. The molecule has 1 aliphatic carbocycles. The van der Waals surface area contributed by atoms with E-state index in [1.54, 1.807) is 37.6 Å². The molecule has 0 saturated heterocycles. The van der Waals surface area contributed by atoms with Gasteiger partial charge in [-0.3, -0.25) is 9.36 Å². The lowest BCUT2D eigenvalue weighted by Gasteiger charge is -2.15. The van der Waals surface area contributed by atoms with Gasteiger partial charge in [-0.1, -0.05) is 0 Å². The summed E-state index contributed by atoms with van der Waals surface area (Å²) < 4.78 is 3.20. The van der Waals surface area contributed by atoms with Gasteiger partial charge in [0.1, 0.15) is 10.5 Å². The maximum atomic E-state index is 12.8. The van der Waals surface area contributed by atoms with E-state index in [1.165, 1.54) is 20.5 Å². The average molecular weight is 451 g/mol. The van der Waals surface area contributed by atoms with Crippen LogP contribution in [0, 0.1) is 6.92 Å². The van der Waals surface area contributed by atoms with E-state index >= 15 is 0 Å². The first-order valence-electron chi connectivity index (χ1n) is 10.3. The number of aromatic nitrogens is 6. The van der Waals surface area contributed by atoms with Gasteiger partial charge in [-0.05, 0) is 49.8 Å². The lowest BCUT2D eigenvalue weighted by atomic mass is 10.2. The Hall–Kier alpha value is -3.60. The standard InChI is InChI=1S/C21H22N8O2S/c1-12-10-23-20(27-26-12)25-14-4-3-13(9-14)24-17-6-5-15(11-22-17)29-19(30)18-16(7-8-32-18)28(2)21(29)31/h5-8,10-11,13-14H,3-4,9H2,1-2H3,(H,22,24)(H,23,25,27)/t13-,14-/m0/s1. The highest BCUT2D eigenvalue weighted by Crippen LogP contribution is 2.24. The topological polar surface area (TPSA) is 120 Å². The van der Waals surface area contributed by atoms with Crippen LogP contribution in [0.1, 0.15) is 25.0 Å². The van der Waals surface area contributed by atoms with Gasteiger partial charge in [-0.15, -0.1) is 16.4 Å². The minimum absolute atomic E-state index is 0.252. The molecule has 164 valence electrons. The Kier molecular flexibility index (Phi) is 5.17. The number of hydrogen-bond donors (Lipinski definition) is 2. The maximum absolute atomic E-state index is 12.8. The van der Waals surface area contributed by atoms with E-state index in [0.29, 0.717) is 27.7 Å². The van der Waals surface area contributed by atoms with E-state index < -0.39 is 0 Å². The van der Waals surface area contributed by atoms with Gasteiger partial charge in [0, 0.05) is 19.1 Å². The van der Waals surface area contributed by atoms with Crippen molar-refractivity contribution in [2.24, 2.45) is 7.05 Å². The number of rotatable bonds is 5. The normalized spacial score (nSPS) is 18.2. The Morgan fingerprint density at radius 3 is 2.56 bits per heavy atom. The summed E-state index contributed by atoms with van der Waals surface area (Å²) in [5, 5.41) is 16.7. The maximum Gasteiger partial charge on any atom is 0.335 e. The zero-order valence-corrected chi connectivity index (χ0v) is 18.5. The fourth-order valence-electron chi connectivity index (χ4n) is 4.03. The SMILES string of the molecule is Cc1cnc(N[C@H]2CC[C@H](Nc3ccc(-n4c(=O)c5sccc5n(C)c4=O)cn3)C2)nn1. The van der Waals surface area contributed by atoms with Crippen LogP contribution in [-0.4, -0.2) is 41.4 Å². The van der Waals surface area contributed by atoms with Crippen LogP contribution in [0.4, 0.5) is 11.8 Å². The molecule has 0 spiro atoms. The number of pyridine rings is 1. The Balaban J connectivity index is 1.29. The molecule has 4 aromatic heterocycles. The van der Waals surface area contributed by atoms with Crippen molar-refractivity contribution in [2.75, 3.05) is 10.6 Å². The van der Waals surface area contributed by atoms with Gasteiger partial charge in [-0.2, -0.15) is 5.10 Å². The van der Waals surface area contributed by atoms with Gasteiger partial charge in [0.25, 0.3) is 5.56 Å². The van der Waals surface area contributed by atoms with Crippen LogP contribution >= 0.6 is 11.3 Å². The molecule has 0 unspecified atom stereocenters. The van der Waals surface area contributed by atoms with Gasteiger partial charge < -0.3 is 10.6 Å². The Morgan fingerprint density at radius 2 is 1.84 bits per heavy atom. The fraction of sp³-hybridized carbons (Fsp3) is 0.333. The highest BCUT2D eigenvalue weighted by Gasteiger charge is 2.25. The summed E-state index contributed by atoms with van der Waals surface area (Å²) in [5.41, 5.74) is 1.17. The first-order valence-corrected chi connectivity index (χ1v) is 11.2. The molecule has 0 amide bonds. The molecule has 0 bridgehead atoms. The smallest absolute Gasteiger partial charge is 0.335 e. The molecule has 32 heavy (non-hydrogen) atoms. The number of nitrogens with zero attached hydrogens (tertiary/aromatic N) is 6. The largest absolute Gasteiger partial charge is 0.367 e. The fourth-order valence-corrected chi connectivity index (χ4v) is 4.88. The monoisotopic (exact) mass is 450 g/mol. The Labute approximate surface area is 187 Å². The highest BCUT2D eigenvalue weighted by atomic mass is 32.1. The molecular formula is C21H22N8O2S. The second-order valence-corrected chi connectivity index (χ2v) is 8.85. The molecule has 4 aromatic rings. The summed E-state index contributed by atoms with van der Waals surface area (Å²) in [7, 11) is 1.67. The predicted molar refractivity (Wildman–Crippen MR) is 124 cm³/mol. The second kappa shape index (κ2) is 8.15. The molecule has 5 rings (SSSR count). The number of aryl methyl sites for hydroxylation is 2. The van der Waals surface area contributed by atoms with E-state index in [0.717, 1.165) is 25.0 Å². The van der Waals surface area contributed by atoms with Crippen LogP contribution in [0.15, 0.2) is 45.6 Å². The molecule has 11 heteroatoms. The minimum Gasteiger partial charge on any atom is -0.367 e. The number of hydrogen-bond acceptors (Lipinski definition) is 9. The second-order valence-electron chi connectivity index (χ2n) is 7.94. The lowest BCUT2D eigenvalue weighted by molar-refractivity contribution is 0.712. The molecule has 2 atom stereocenters. The third kappa shape index (κ3) is 3.75. The van der Waals surface area contributed by atoms with Crippen LogP contribution in [0.5, 0.6) is 0 Å². The zero-order valence-electron chi connectivity index (χ0n) is 17.6. The summed E-state index contributed by atoms with van der Waals surface area (Å²) in [5.74, 6) is 1.24. The van der Waals surface area contributed by atoms with Crippen molar-refractivity contribution in [1.29, 1.82) is 0 Å². The van der Waals surface area contributed by atoms with Crippen LogP contribution in [0.25, 0.3) is 15.9 Å². The van der Waals surface area contributed by atoms with Gasteiger partial charge in [0.05, 0.1) is 29.3 Å².